The predicted molar refractivity (Wildman–Crippen MR) is 139 cm³/mol. The van der Waals surface area contributed by atoms with Crippen LogP contribution in [0.4, 0.5) is 0 Å². The van der Waals surface area contributed by atoms with Crippen molar-refractivity contribution < 1.29 is 0 Å². The summed E-state index contributed by atoms with van der Waals surface area (Å²) < 4.78 is 0. The predicted octanol–water partition coefficient (Wildman–Crippen LogP) is 10.4. The molecule has 1 nitrogen and oxygen atoms in total. The molecule has 0 aromatic rings. The Morgan fingerprint density at radius 2 is 0.733 bits per heavy atom. The van der Waals surface area contributed by atoms with E-state index in [0.29, 0.717) is 6.04 Å². The molecule has 0 spiro atoms. The van der Waals surface area contributed by atoms with E-state index in [1.807, 2.05) is 0 Å². The molecule has 0 radical (unpaired) electrons. The molecule has 2 N–H and O–H groups in total. The molecule has 0 fully saturated rings. The summed E-state index contributed by atoms with van der Waals surface area (Å²) in [6.07, 6.45) is 34.3. The van der Waals surface area contributed by atoms with E-state index < -0.39 is 0 Å². The van der Waals surface area contributed by atoms with Gasteiger partial charge in [-0.25, -0.2) is 0 Å². The molecule has 2 unspecified atom stereocenters. The van der Waals surface area contributed by atoms with Gasteiger partial charge in [-0.15, -0.1) is 0 Å². The van der Waals surface area contributed by atoms with Gasteiger partial charge in [0.05, 0.1) is 0 Å². The Balaban J connectivity index is 3.18. The molecule has 0 saturated heterocycles. The minimum Gasteiger partial charge on any atom is -0.327 e. The van der Waals surface area contributed by atoms with Crippen molar-refractivity contribution in [3.05, 3.63) is 0 Å². The highest BCUT2D eigenvalue weighted by molar-refractivity contribution is 4.71. The topological polar surface area (TPSA) is 26.0 Å². The summed E-state index contributed by atoms with van der Waals surface area (Å²) in [5.74, 6) is 0.764. The van der Waals surface area contributed by atoms with Crippen LogP contribution in [-0.2, 0) is 0 Å². The molecule has 0 heterocycles. The van der Waals surface area contributed by atoms with Crippen LogP contribution in [0.2, 0.25) is 0 Å². The summed E-state index contributed by atoms with van der Waals surface area (Å²) in [5, 5.41) is 0. The van der Waals surface area contributed by atoms with E-state index in [-0.39, 0.29) is 0 Å². The summed E-state index contributed by atoms with van der Waals surface area (Å²) in [6, 6.07) is 0.445. The third kappa shape index (κ3) is 21.2. The number of rotatable bonds is 25. The fourth-order valence-corrected chi connectivity index (χ4v) is 4.95. The van der Waals surface area contributed by atoms with Gasteiger partial charge in [0.15, 0.2) is 0 Å². The summed E-state index contributed by atoms with van der Waals surface area (Å²) in [5.41, 5.74) is 6.32. The first-order valence-corrected chi connectivity index (χ1v) is 14.5. The second-order valence-electron chi connectivity index (χ2n) is 10.1. The zero-order chi connectivity index (χ0) is 22.1. The SMILES string of the molecule is CCCCCCCCCCCCCCCCCCCCCCC(CC)C(N)CCC. The standard InChI is InChI=1S/C29H61N/c1-4-7-8-9-10-11-12-13-14-15-16-17-18-19-20-21-22-23-24-25-27-28(6-3)29(30)26-5-2/h28-29H,4-27,30H2,1-3H3. The quantitative estimate of drug-likeness (QED) is 0.145. The molecule has 0 bridgehead atoms. The average molecular weight is 424 g/mol. The number of nitrogens with two attached hydrogens (primary N) is 1. The van der Waals surface area contributed by atoms with E-state index in [0.717, 1.165) is 5.92 Å². The van der Waals surface area contributed by atoms with E-state index >= 15 is 0 Å². The van der Waals surface area contributed by atoms with Gasteiger partial charge in [-0.3, -0.25) is 0 Å². The van der Waals surface area contributed by atoms with Crippen LogP contribution in [0.5, 0.6) is 0 Å². The largest absolute Gasteiger partial charge is 0.327 e. The Morgan fingerprint density at radius 1 is 0.400 bits per heavy atom. The Labute approximate surface area is 192 Å². The van der Waals surface area contributed by atoms with Gasteiger partial charge in [-0.05, 0) is 18.8 Å². The normalized spacial score (nSPS) is 13.6. The number of hydrogen-bond acceptors (Lipinski definition) is 1. The highest BCUT2D eigenvalue weighted by Gasteiger charge is 2.14. The van der Waals surface area contributed by atoms with Crippen molar-refractivity contribution in [3.8, 4) is 0 Å². The maximum atomic E-state index is 6.32. The van der Waals surface area contributed by atoms with E-state index in [1.165, 1.54) is 154 Å². The van der Waals surface area contributed by atoms with Crippen molar-refractivity contribution in [1.29, 1.82) is 0 Å². The number of unbranched alkanes of at least 4 members (excludes halogenated alkanes) is 19. The molecule has 0 aromatic heterocycles. The minimum absolute atomic E-state index is 0.445. The molecule has 0 aliphatic heterocycles. The Hall–Kier alpha value is -0.0400. The van der Waals surface area contributed by atoms with Gasteiger partial charge in [0.1, 0.15) is 0 Å². The first kappa shape index (κ1) is 30.0. The fraction of sp³-hybridized carbons (Fsp3) is 1.00. The Bertz CT molecular complexity index is 301. The fourth-order valence-electron chi connectivity index (χ4n) is 4.95. The molecule has 30 heavy (non-hydrogen) atoms. The molecule has 0 aliphatic carbocycles. The number of hydrogen-bond donors (Lipinski definition) is 1. The highest BCUT2D eigenvalue weighted by Crippen LogP contribution is 2.20. The van der Waals surface area contributed by atoms with Crippen LogP contribution in [0.1, 0.15) is 175 Å². The molecule has 0 aliphatic rings. The molecular formula is C29H61N. The van der Waals surface area contributed by atoms with Crippen LogP contribution < -0.4 is 5.73 Å². The van der Waals surface area contributed by atoms with Crippen LogP contribution in [0.15, 0.2) is 0 Å². The second-order valence-corrected chi connectivity index (χ2v) is 10.1. The second kappa shape index (κ2) is 25.2. The van der Waals surface area contributed by atoms with E-state index in [4.69, 9.17) is 5.73 Å². The lowest BCUT2D eigenvalue weighted by molar-refractivity contribution is 0.349. The molecule has 182 valence electrons. The molecule has 0 aromatic carbocycles. The maximum absolute atomic E-state index is 6.32. The van der Waals surface area contributed by atoms with Crippen LogP contribution in [0.25, 0.3) is 0 Å². The molecule has 0 saturated carbocycles. The lowest BCUT2D eigenvalue weighted by Crippen LogP contribution is -2.29. The van der Waals surface area contributed by atoms with Crippen LogP contribution >= 0.6 is 0 Å². The summed E-state index contributed by atoms with van der Waals surface area (Å²) >= 11 is 0. The smallest absolute Gasteiger partial charge is 0.00669 e. The average Bonchev–Trinajstić information content (AvgIpc) is 2.75. The van der Waals surface area contributed by atoms with Gasteiger partial charge in [-0.2, -0.15) is 0 Å². The minimum atomic E-state index is 0.445. The van der Waals surface area contributed by atoms with Gasteiger partial charge >= 0.3 is 0 Å². The van der Waals surface area contributed by atoms with Crippen LogP contribution in [-0.4, -0.2) is 6.04 Å². The van der Waals surface area contributed by atoms with E-state index in [1.54, 1.807) is 0 Å². The molecule has 0 rings (SSSR count). The zero-order valence-electron chi connectivity index (χ0n) is 21.7. The van der Waals surface area contributed by atoms with Gasteiger partial charge < -0.3 is 5.73 Å². The van der Waals surface area contributed by atoms with Gasteiger partial charge in [0.25, 0.3) is 0 Å². The molecule has 1 heteroatoms. The summed E-state index contributed by atoms with van der Waals surface area (Å²) in [4.78, 5) is 0. The van der Waals surface area contributed by atoms with Gasteiger partial charge in [0, 0.05) is 6.04 Å². The van der Waals surface area contributed by atoms with Crippen molar-refractivity contribution in [2.24, 2.45) is 11.7 Å². The van der Waals surface area contributed by atoms with E-state index in [2.05, 4.69) is 20.8 Å². The Morgan fingerprint density at radius 3 is 1.03 bits per heavy atom. The first-order chi connectivity index (χ1) is 14.8. The van der Waals surface area contributed by atoms with Crippen molar-refractivity contribution >= 4 is 0 Å². The van der Waals surface area contributed by atoms with Crippen molar-refractivity contribution in [2.45, 2.75) is 181 Å². The highest BCUT2D eigenvalue weighted by atomic mass is 14.6. The third-order valence-corrected chi connectivity index (χ3v) is 7.18. The molecule has 2 atom stereocenters. The van der Waals surface area contributed by atoms with E-state index in [9.17, 15) is 0 Å². The van der Waals surface area contributed by atoms with Gasteiger partial charge in [0.2, 0.25) is 0 Å². The van der Waals surface area contributed by atoms with Crippen LogP contribution in [0.3, 0.4) is 0 Å². The monoisotopic (exact) mass is 423 g/mol. The summed E-state index contributed by atoms with van der Waals surface area (Å²) in [7, 11) is 0. The van der Waals surface area contributed by atoms with Gasteiger partial charge in [-0.1, -0.05) is 162 Å². The molecule has 0 amide bonds. The maximum Gasteiger partial charge on any atom is 0.00669 e. The first-order valence-electron chi connectivity index (χ1n) is 14.5. The van der Waals surface area contributed by atoms with Crippen molar-refractivity contribution in [1.82, 2.24) is 0 Å². The third-order valence-electron chi connectivity index (χ3n) is 7.18. The van der Waals surface area contributed by atoms with Crippen molar-refractivity contribution in [3.63, 3.8) is 0 Å². The van der Waals surface area contributed by atoms with Crippen LogP contribution in [0, 0.1) is 5.92 Å². The Kier molecular flexibility index (Phi) is 25.2. The van der Waals surface area contributed by atoms with Crippen molar-refractivity contribution in [2.75, 3.05) is 0 Å². The zero-order valence-corrected chi connectivity index (χ0v) is 21.7. The molecular weight excluding hydrogens is 362 g/mol. The lowest BCUT2D eigenvalue weighted by atomic mass is 9.89. The summed E-state index contributed by atoms with van der Waals surface area (Å²) in [6.45, 7) is 6.87. The lowest BCUT2D eigenvalue weighted by Gasteiger charge is -2.22.